The number of aryl methyl sites for hydroxylation is 1. The topological polar surface area (TPSA) is 45.1 Å². The fourth-order valence-corrected chi connectivity index (χ4v) is 3.23. The molecule has 142 valence electrons. The molecule has 0 fully saturated rings. The van der Waals surface area contributed by atoms with Crippen molar-refractivity contribution in [2.45, 2.75) is 39.0 Å². The van der Waals surface area contributed by atoms with Gasteiger partial charge in [0.05, 0.1) is 34.3 Å². The number of amides is 1. The van der Waals surface area contributed by atoms with Crippen LogP contribution in [0.15, 0.2) is 35.5 Å². The molecular formula is C20H28IN3O2. The van der Waals surface area contributed by atoms with Crippen molar-refractivity contribution in [2.75, 3.05) is 30.4 Å². The molecule has 0 atom stereocenters. The van der Waals surface area contributed by atoms with Gasteiger partial charge < -0.3 is 9.74 Å². The van der Waals surface area contributed by atoms with Gasteiger partial charge in [0.2, 0.25) is 0 Å². The van der Waals surface area contributed by atoms with Gasteiger partial charge in [-0.3, -0.25) is 4.79 Å². The van der Waals surface area contributed by atoms with Gasteiger partial charge in [0.25, 0.3) is 5.91 Å². The normalized spacial score (nSPS) is 15.0. The summed E-state index contributed by atoms with van der Waals surface area (Å²) in [5.74, 6) is -0.0291. The van der Waals surface area contributed by atoms with E-state index in [2.05, 4.69) is 41.0 Å². The first kappa shape index (κ1) is 20.9. The predicted molar refractivity (Wildman–Crippen MR) is 116 cm³/mol. The highest BCUT2D eigenvalue weighted by Crippen LogP contribution is 2.29. The van der Waals surface area contributed by atoms with E-state index in [4.69, 9.17) is 4.84 Å². The average molecular weight is 469 g/mol. The standard InChI is InChI=1S/C20H28IN3O2/c1-4-5-6-14-26-22-19-12-9-16-15-17(10-11-18(16)19)24(21)20(25)8-7-13-23(2)3/h7-8,10-11,15H,4-6,9,12-14H2,1-3H3/b8-7+,22-19+. The number of likely N-dealkylation sites (N-methyl/N-ethyl adjacent to an activating group) is 1. The van der Waals surface area contributed by atoms with Crippen molar-refractivity contribution in [3.05, 3.63) is 41.5 Å². The number of benzene rings is 1. The largest absolute Gasteiger partial charge is 0.396 e. The Balaban J connectivity index is 1.99. The van der Waals surface area contributed by atoms with Crippen LogP contribution in [0.25, 0.3) is 0 Å². The van der Waals surface area contributed by atoms with Crippen LogP contribution in [0.5, 0.6) is 0 Å². The second-order valence-electron chi connectivity index (χ2n) is 6.70. The molecule has 1 amide bonds. The van der Waals surface area contributed by atoms with Crippen molar-refractivity contribution >= 4 is 40.2 Å². The fourth-order valence-electron chi connectivity index (χ4n) is 2.77. The van der Waals surface area contributed by atoms with Crippen LogP contribution in [-0.4, -0.2) is 43.8 Å². The lowest BCUT2D eigenvalue weighted by molar-refractivity contribution is -0.112. The van der Waals surface area contributed by atoms with E-state index in [1.165, 1.54) is 18.4 Å². The zero-order chi connectivity index (χ0) is 18.9. The van der Waals surface area contributed by atoms with E-state index in [0.29, 0.717) is 6.61 Å². The summed E-state index contributed by atoms with van der Waals surface area (Å²) in [6, 6.07) is 6.11. The molecule has 2 rings (SSSR count). The first-order chi connectivity index (χ1) is 12.5. The van der Waals surface area contributed by atoms with E-state index >= 15 is 0 Å². The molecular weight excluding hydrogens is 441 g/mol. The molecule has 1 aromatic rings. The van der Waals surface area contributed by atoms with Gasteiger partial charge in [0.15, 0.2) is 0 Å². The third-order valence-electron chi connectivity index (χ3n) is 4.20. The summed E-state index contributed by atoms with van der Waals surface area (Å²) in [6.45, 7) is 3.61. The van der Waals surface area contributed by atoms with Crippen molar-refractivity contribution < 1.29 is 9.63 Å². The van der Waals surface area contributed by atoms with E-state index < -0.39 is 0 Å². The van der Waals surface area contributed by atoms with Crippen LogP contribution in [0, 0.1) is 0 Å². The van der Waals surface area contributed by atoms with Gasteiger partial charge in [-0.1, -0.05) is 37.1 Å². The molecule has 0 heterocycles. The Morgan fingerprint density at radius 2 is 2.12 bits per heavy atom. The number of nitrogens with zero attached hydrogens (tertiary/aromatic N) is 3. The van der Waals surface area contributed by atoms with Crippen LogP contribution in [0.1, 0.15) is 43.7 Å². The second kappa shape index (κ2) is 10.7. The first-order valence-corrected chi connectivity index (χ1v) is 10.1. The quantitative estimate of drug-likeness (QED) is 0.178. The maximum atomic E-state index is 12.3. The molecule has 26 heavy (non-hydrogen) atoms. The summed E-state index contributed by atoms with van der Waals surface area (Å²) in [5.41, 5.74) is 4.28. The van der Waals surface area contributed by atoms with Gasteiger partial charge in [0, 0.05) is 18.2 Å². The summed E-state index contributed by atoms with van der Waals surface area (Å²) in [6.07, 6.45) is 8.74. The second-order valence-corrected chi connectivity index (χ2v) is 7.67. The Labute approximate surface area is 170 Å². The van der Waals surface area contributed by atoms with E-state index in [-0.39, 0.29) is 5.91 Å². The maximum absolute atomic E-state index is 12.3. The van der Waals surface area contributed by atoms with Crippen LogP contribution >= 0.6 is 22.9 Å². The SMILES string of the molecule is CCCCCO/N=C1\CCc2cc(N(I)C(=O)/C=C/CN(C)C)ccc21. The minimum absolute atomic E-state index is 0.0291. The highest BCUT2D eigenvalue weighted by Gasteiger charge is 2.20. The Morgan fingerprint density at radius 3 is 2.85 bits per heavy atom. The lowest BCUT2D eigenvalue weighted by atomic mass is 10.1. The van der Waals surface area contributed by atoms with Crippen LogP contribution in [-0.2, 0) is 16.1 Å². The molecule has 6 heteroatoms. The van der Waals surface area contributed by atoms with Crippen molar-refractivity contribution in [3.63, 3.8) is 0 Å². The minimum Gasteiger partial charge on any atom is -0.396 e. The Bertz CT molecular complexity index is 671. The zero-order valence-electron chi connectivity index (χ0n) is 15.9. The van der Waals surface area contributed by atoms with Gasteiger partial charge in [-0.15, -0.1) is 0 Å². The van der Waals surface area contributed by atoms with Gasteiger partial charge in [-0.2, -0.15) is 0 Å². The molecule has 0 N–H and O–H groups in total. The molecule has 1 aromatic carbocycles. The Morgan fingerprint density at radius 1 is 1.31 bits per heavy atom. The molecule has 0 aromatic heterocycles. The predicted octanol–water partition coefficient (Wildman–Crippen LogP) is 4.34. The summed E-state index contributed by atoms with van der Waals surface area (Å²) in [7, 11) is 3.95. The number of halogens is 1. The fraction of sp³-hybridized carbons (Fsp3) is 0.500. The first-order valence-electron chi connectivity index (χ1n) is 9.16. The van der Waals surface area contributed by atoms with Crippen molar-refractivity contribution in [1.29, 1.82) is 0 Å². The van der Waals surface area contributed by atoms with Crippen molar-refractivity contribution in [1.82, 2.24) is 4.90 Å². The molecule has 0 unspecified atom stereocenters. The highest BCUT2D eigenvalue weighted by molar-refractivity contribution is 14.1. The Kier molecular flexibility index (Phi) is 8.58. The number of fused-ring (bicyclic) bond motifs is 1. The molecule has 0 saturated carbocycles. The minimum atomic E-state index is -0.0291. The summed E-state index contributed by atoms with van der Waals surface area (Å²) in [4.78, 5) is 19.8. The summed E-state index contributed by atoms with van der Waals surface area (Å²) in [5, 5.41) is 4.32. The molecule has 5 nitrogen and oxygen atoms in total. The lowest BCUT2D eigenvalue weighted by Crippen LogP contribution is -2.18. The monoisotopic (exact) mass is 469 g/mol. The van der Waals surface area contributed by atoms with Crippen LogP contribution in [0.4, 0.5) is 5.69 Å². The maximum Gasteiger partial charge on any atom is 0.259 e. The highest BCUT2D eigenvalue weighted by atomic mass is 127. The van der Waals surface area contributed by atoms with Crippen molar-refractivity contribution in [2.24, 2.45) is 5.16 Å². The molecule has 0 saturated heterocycles. The average Bonchev–Trinajstić information content (AvgIpc) is 3.02. The molecule has 0 radical (unpaired) electrons. The molecule has 0 spiro atoms. The third-order valence-corrected chi connectivity index (χ3v) is 5.23. The summed E-state index contributed by atoms with van der Waals surface area (Å²) < 4.78 is 1.65. The van der Waals surface area contributed by atoms with Crippen LogP contribution in [0.3, 0.4) is 0 Å². The molecule has 1 aliphatic carbocycles. The number of unbranched alkanes of at least 4 members (excludes halogenated alkanes) is 2. The van der Waals surface area contributed by atoms with Gasteiger partial charge in [-0.25, -0.2) is 3.11 Å². The lowest BCUT2D eigenvalue weighted by Gasteiger charge is -2.14. The number of hydrogen-bond acceptors (Lipinski definition) is 4. The number of carbonyl (C=O) groups excluding carboxylic acids is 1. The van der Waals surface area contributed by atoms with E-state index in [1.54, 1.807) is 9.19 Å². The number of hydrogen-bond donors (Lipinski definition) is 0. The molecule has 0 aliphatic heterocycles. The van der Waals surface area contributed by atoms with Gasteiger partial charge in [0.1, 0.15) is 6.61 Å². The van der Waals surface area contributed by atoms with Crippen LogP contribution < -0.4 is 3.11 Å². The molecule has 1 aliphatic rings. The van der Waals surface area contributed by atoms with E-state index in [0.717, 1.165) is 42.8 Å². The van der Waals surface area contributed by atoms with E-state index in [9.17, 15) is 4.79 Å². The number of carbonyl (C=O) groups is 1. The smallest absolute Gasteiger partial charge is 0.259 e. The Hall–Kier alpha value is -1.41. The summed E-state index contributed by atoms with van der Waals surface area (Å²) >= 11 is 2.06. The van der Waals surface area contributed by atoms with Gasteiger partial charge in [-0.05, 0) is 51.1 Å². The molecule has 0 bridgehead atoms. The zero-order valence-corrected chi connectivity index (χ0v) is 18.0. The van der Waals surface area contributed by atoms with E-state index in [1.807, 2.05) is 37.2 Å². The number of rotatable bonds is 9. The van der Waals surface area contributed by atoms with Gasteiger partial charge >= 0.3 is 0 Å². The number of oxime groups is 1. The third kappa shape index (κ3) is 6.09. The van der Waals surface area contributed by atoms with Crippen LogP contribution in [0.2, 0.25) is 0 Å². The van der Waals surface area contributed by atoms with Crippen molar-refractivity contribution in [3.8, 4) is 0 Å². The number of anilines is 1.